The fraction of sp³-hybridized carbons (Fsp3) is 0.933. The fourth-order valence-corrected chi connectivity index (χ4v) is 4.33. The van der Waals surface area contributed by atoms with Crippen LogP contribution in [0.1, 0.15) is 169 Å². The molecule has 0 bridgehead atoms. The van der Waals surface area contributed by atoms with E-state index in [1.165, 1.54) is 135 Å². The van der Waals surface area contributed by atoms with Gasteiger partial charge in [-0.25, -0.2) is 0 Å². The Hall–Kier alpha value is -0.440. The summed E-state index contributed by atoms with van der Waals surface area (Å²) in [6.07, 6.45) is 30.9. The molecular formula is C30H58. The van der Waals surface area contributed by atoms with E-state index in [9.17, 15) is 0 Å². The summed E-state index contributed by atoms with van der Waals surface area (Å²) in [6.45, 7) is 9.27. The first-order valence-corrected chi connectivity index (χ1v) is 14.2. The lowest BCUT2D eigenvalue weighted by Gasteiger charge is -2.14. The van der Waals surface area contributed by atoms with Crippen LogP contribution in [0.15, 0.2) is 0 Å². The average molecular weight is 419 g/mol. The largest absolute Gasteiger partial charge is 0.103 e. The molecule has 0 aromatic carbocycles. The van der Waals surface area contributed by atoms with Crippen molar-refractivity contribution in [2.45, 2.75) is 169 Å². The van der Waals surface area contributed by atoms with E-state index in [1.807, 2.05) is 0 Å². The van der Waals surface area contributed by atoms with Gasteiger partial charge < -0.3 is 0 Å². The molecule has 0 saturated carbocycles. The molecule has 178 valence electrons. The lowest BCUT2D eigenvalue weighted by molar-refractivity contribution is 0.428. The van der Waals surface area contributed by atoms with Crippen molar-refractivity contribution in [3.05, 3.63) is 0 Å². The Morgan fingerprint density at radius 2 is 0.833 bits per heavy atom. The van der Waals surface area contributed by atoms with Crippen molar-refractivity contribution in [3.63, 3.8) is 0 Å². The zero-order valence-corrected chi connectivity index (χ0v) is 21.7. The van der Waals surface area contributed by atoms with Gasteiger partial charge in [-0.2, -0.15) is 0 Å². The van der Waals surface area contributed by atoms with Crippen LogP contribution in [0, 0.1) is 23.7 Å². The summed E-state index contributed by atoms with van der Waals surface area (Å²) in [7, 11) is 0. The van der Waals surface area contributed by atoms with Gasteiger partial charge in [0.2, 0.25) is 0 Å². The van der Waals surface area contributed by atoms with Gasteiger partial charge in [0.25, 0.3) is 0 Å². The summed E-state index contributed by atoms with van der Waals surface area (Å²) in [5.74, 6) is 8.45. The molecule has 0 nitrogen and oxygen atoms in total. The second kappa shape index (κ2) is 24.8. The molecule has 1 unspecified atom stereocenters. The topological polar surface area (TPSA) is 0 Å². The third-order valence-corrected chi connectivity index (χ3v) is 6.62. The lowest BCUT2D eigenvalue weighted by atomic mass is 9.90. The Bertz CT molecular complexity index is 369. The molecule has 0 aliphatic heterocycles. The highest BCUT2D eigenvalue weighted by Gasteiger charge is 2.09. The van der Waals surface area contributed by atoms with E-state index < -0.39 is 0 Å². The summed E-state index contributed by atoms with van der Waals surface area (Å²) in [6, 6.07) is 0. The van der Waals surface area contributed by atoms with Crippen LogP contribution in [-0.2, 0) is 0 Å². The van der Waals surface area contributed by atoms with E-state index >= 15 is 0 Å². The SMILES string of the molecule is CCCCCCCCCCCCCCCCCCC#CC(CCCCCC)C(C)C. The molecule has 0 saturated heterocycles. The van der Waals surface area contributed by atoms with Crippen LogP contribution in [0.3, 0.4) is 0 Å². The number of unbranched alkanes of at least 4 members (excludes halogenated alkanes) is 19. The molecule has 0 N–H and O–H groups in total. The molecule has 0 aromatic rings. The van der Waals surface area contributed by atoms with E-state index in [0.29, 0.717) is 11.8 Å². The van der Waals surface area contributed by atoms with Gasteiger partial charge in [0.1, 0.15) is 0 Å². The average Bonchev–Trinajstić information content (AvgIpc) is 2.74. The van der Waals surface area contributed by atoms with E-state index in [0.717, 1.165) is 6.42 Å². The van der Waals surface area contributed by atoms with Gasteiger partial charge in [0, 0.05) is 12.3 Å². The molecule has 0 heterocycles. The Morgan fingerprint density at radius 3 is 1.23 bits per heavy atom. The van der Waals surface area contributed by atoms with E-state index in [4.69, 9.17) is 0 Å². The molecule has 1 atom stereocenters. The Morgan fingerprint density at radius 1 is 0.467 bits per heavy atom. The standard InChI is InChI=1S/C30H58/c1-5-7-9-11-12-13-14-15-16-17-18-19-20-21-22-23-24-26-28-30(29(3)4)27-25-10-8-6-2/h29-30H,5-25,27H2,1-4H3. The zero-order chi connectivity index (χ0) is 22.1. The van der Waals surface area contributed by atoms with Crippen molar-refractivity contribution in [1.29, 1.82) is 0 Å². The molecule has 0 aromatic heterocycles. The Kier molecular flexibility index (Phi) is 24.5. The quantitative estimate of drug-likeness (QED) is 0.121. The second-order valence-corrected chi connectivity index (χ2v) is 10.1. The van der Waals surface area contributed by atoms with E-state index in [1.54, 1.807) is 0 Å². The Balaban J connectivity index is 3.38. The van der Waals surface area contributed by atoms with Gasteiger partial charge in [-0.1, -0.05) is 156 Å². The minimum Gasteiger partial charge on any atom is -0.103 e. The van der Waals surface area contributed by atoms with Gasteiger partial charge in [-0.05, 0) is 18.8 Å². The van der Waals surface area contributed by atoms with Crippen LogP contribution in [-0.4, -0.2) is 0 Å². The first-order chi connectivity index (χ1) is 14.7. The van der Waals surface area contributed by atoms with Crippen molar-refractivity contribution in [1.82, 2.24) is 0 Å². The summed E-state index contributed by atoms with van der Waals surface area (Å²) in [4.78, 5) is 0. The highest BCUT2D eigenvalue weighted by molar-refractivity contribution is 5.04. The minimum absolute atomic E-state index is 0.628. The summed E-state index contributed by atoms with van der Waals surface area (Å²) < 4.78 is 0. The number of hydrogen-bond acceptors (Lipinski definition) is 0. The van der Waals surface area contributed by atoms with Crippen LogP contribution < -0.4 is 0 Å². The molecular weight excluding hydrogens is 360 g/mol. The molecule has 0 fully saturated rings. The van der Waals surface area contributed by atoms with Gasteiger partial charge >= 0.3 is 0 Å². The van der Waals surface area contributed by atoms with Crippen molar-refractivity contribution in [3.8, 4) is 11.8 Å². The van der Waals surface area contributed by atoms with Gasteiger partial charge in [-0.15, -0.1) is 5.92 Å². The maximum Gasteiger partial charge on any atom is 0.0225 e. The van der Waals surface area contributed by atoms with Crippen molar-refractivity contribution >= 4 is 0 Å². The molecule has 0 rings (SSSR count). The predicted octanol–water partition coefficient (Wildman–Crippen LogP) is 10.9. The zero-order valence-electron chi connectivity index (χ0n) is 21.7. The van der Waals surface area contributed by atoms with Gasteiger partial charge in [0.15, 0.2) is 0 Å². The van der Waals surface area contributed by atoms with Crippen LogP contribution in [0.25, 0.3) is 0 Å². The van der Waals surface area contributed by atoms with Crippen LogP contribution in [0.4, 0.5) is 0 Å². The third-order valence-electron chi connectivity index (χ3n) is 6.62. The molecule has 0 amide bonds. The summed E-state index contributed by atoms with van der Waals surface area (Å²) >= 11 is 0. The molecule has 0 radical (unpaired) electrons. The lowest BCUT2D eigenvalue weighted by Crippen LogP contribution is -2.06. The number of rotatable bonds is 22. The van der Waals surface area contributed by atoms with Gasteiger partial charge in [-0.3, -0.25) is 0 Å². The highest BCUT2D eigenvalue weighted by atomic mass is 14.1. The molecule has 0 aliphatic rings. The maximum absolute atomic E-state index is 3.60. The normalized spacial score (nSPS) is 12.2. The first-order valence-electron chi connectivity index (χ1n) is 14.2. The maximum atomic E-state index is 3.60. The highest BCUT2D eigenvalue weighted by Crippen LogP contribution is 2.19. The third kappa shape index (κ3) is 22.2. The minimum atomic E-state index is 0.628. The number of hydrogen-bond donors (Lipinski definition) is 0. The fourth-order valence-electron chi connectivity index (χ4n) is 4.33. The van der Waals surface area contributed by atoms with Gasteiger partial charge in [0.05, 0.1) is 0 Å². The van der Waals surface area contributed by atoms with Crippen molar-refractivity contribution in [2.24, 2.45) is 11.8 Å². The van der Waals surface area contributed by atoms with Crippen LogP contribution >= 0.6 is 0 Å². The van der Waals surface area contributed by atoms with Crippen molar-refractivity contribution < 1.29 is 0 Å². The van der Waals surface area contributed by atoms with E-state index in [2.05, 4.69) is 39.5 Å². The molecule has 0 aliphatic carbocycles. The van der Waals surface area contributed by atoms with Crippen LogP contribution in [0.2, 0.25) is 0 Å². The monoisotopic (exact) mass is 418 g/mol. The van der Waals surface area contributed by atoms with Crippen molar-refractivity contribution in [2.75, 3.05) is 0 Å². The smallest absolute Gasteiger partial charge is 0.0225 e. The Labute approximate surface area is 192 Å². The molecule has 0 heteroatoms. The molecule has 0 spiro atoms. The summed E-state index contributed by atoms with van der Waals surface area (Å²) in [5, 5.41) is 0. The molecule has 30 heavy (non-hydrogen) atoms. The summed E-state index contributed by atoms with van der Waals surface area (Å²) in [5.41, 5.74) is 0. The first kappa shape index (κ1) is 29.6. The predicted molar refractivity (Wildman–Crippen MR) is 139 cm³/mol. The van der Waals surface area contributed by atoms with Crippen LogP contribution in [0.5, 0.6) is 0 Å². The van der Waals surface area contributed by atoms with E-state index in [-0.39, 0.29) is 0 Å². The second-order valence-electron chi connectivity index (χ2n) is 10.1.